The molecule has 1 saturated heterocycles. The molecule has 17 heavy (non-hydrogen) atoms. The SMILES string of the molecule is CS(=O)(=O)N1CCO[C@H](c2cccc(N)n2)C1. The van der Waals surface area contributed by atoms with Gasteiger partial charge in [-0.05, 0) is 12.1 Å². The first kappa shape index (κ1) is 12.3. The standard InChI is InChI=1S/C10H15N3O3S/c1-17(14,15)13-5-6-16-9(7-13)8-3-2-4-10(11)12-8/h2-4,9H,5-7H2,1H3,(H2,11,12)/t9-/m0/s1. The van der Waals surface area contributed by atoms with E-state index in [1.54, 1.807) is 18.2 Å². The molecule has 1 aromatic heterocycles. The lowest BCUT2D eigenvalue weighted by atomic mass is 10.2. The average Bonchev–Trinajstić information content (AvgIpc) is 2.28. The van der Waals surface area contributed by atoms with Gasteiger partial charge >= 0.3 is 0 Å². The normalized spacial score (nSPS) is 22.5. The van der Waals surface area contributed by atoms with Gasteiger partial charge in [-0.2, -0.15) is 4.31 Å². The van der Waals surface area contributed by atoms with Crippen LogP contribution in [0.15, 0.2) is 18.2 Å². The zero-order valence-corrected chi connectivity index (χ0v) is 10.4. The minimum atomic E-state index is -3.18. The zero-order chi connectivity index (χ0) is 12.5. The molecule has 0 bridgehead atoms. The highest BCUT2D eigenvalue weighted by molar-refractivity contribution is 7.88. The molecular weight excluding hydrogens is 242 g/mol. The Morgan fingerprint density at radius 2 is 2.29 bits per heavy atom. The molecule has 2 heterocycles. The Labute approximate surface area is 100 Å². The highest BCUT2D eigenvalue weighted by Gasteiger charge is 2.28. The van der Waals surface area contributed by atoms with Gasteiger partial charge in [-0.25, -0.2) is 13.4 Å². The van der Waals surface area contributed by atoms with Crippen molar-refractivity contribution in [2.24, 2.45) is 0 Å². The van der Waals surface area contributed by atoms with Crippen molar-refractivity contribution in [2.75, 3.05) is 31.7 Å². The zero-order valence-electron chi connectivity index (χ0n) is 9.54. The molecule has 0 aromatic carbocycles. The van der Waals surface area contributed by atoms with Crippen LogP contribution in [0, 0.1) is 0 Å². The maximum absolute atomic E-state index is 11.5. The third-order valence-electron chi connectivity index (χ3n) is 2.62. The predicted molar refractivity (Wildman–Crippen MR) is 63.8 cm³/mol. The van der Waals surface area contributed by atoms with Gasteiger partial charge in [0.05, 0.1) is 18.6 Å². The van der Waals surface area contributed by atoms with Gasteiger partial charge < -0.3 is 10.5 Å². The summed E-state index contributed by atoms with van der Waals surface area (Å²) in [4.78, 5) is 4.14. The van der Waals surface area contributed by atoms with E-state index in [0.29, 0.717) is 24.7 Å². The number of pyridine rings is 1. The van der Waals surface area contributed by atoms with E-state index in [1.165, 1.54) is 10.6 Å². The second-order valence-electron chi connectivity index (χ2n) is 3.97. The molecule has 1 fully saturated rings. The Morgan fingerprint density at radius 1 is 1.53 bits per heavy atom. The lowest BCUT2D eigenvalue weighted by Crippen LogP contribution is -2.41. The van der Waals surface area contributed by atoms with Gasteiger partial charge in [0.15, 0.2) is 0 Å². The summed E-state index contributed by atoms with van der Waals surface area (Å²) in [7, 11) is -3.18. The fourth-order valence-corrected chi connectivity index (χ4v) is 2.57. The number of hydrogen-bond donors (Lipinski definition) is 1. The van der Waals surface area contributed by atoms with Gasteiger partial charge in [-0.3, -0.25) is 0 Å². The van der Waals surface area contributed by atoms with Crippen LogP contribution in [0.5, 0.6) is 0 Å². The number of hydrogen-bond acceptors (Lipinski definition) is 5. The van der Waals surface area contributed by atoms with E-state index < -0.39 is 10.0 Å². The van der Waals surface area contributed by atoms with Crippen LogP contribution in [0.3, 0.4) is 0 Å². The van der Waals surface area contributed by atoms with E-state index in [0.717, 1.165) is 0 Å². The Morgan fingerprint density at radius 3 is 2.94 bits per heavy atom. The van der Waals surface area contributed by atoms with E-state index >= 15 is 0 Å². The molecule has 1 atom stereocenters. The monoisotopic (exact) mass is 257 g/mol. The van der Waals surface area contributed by atoms with E-state index in [9.17, 15) is 8.42 Å². The van der Waals surface area contributed by atoms with Crippen molar-refractivity contribution < 1.29 is 13.2 Å². The first-order valence-corrected chi connectivity index (χ1v) is 7.11. The molecule has 0 unspecified atom stereocenters. The second kappa shape index (κ2) is 4.59. The smallest absolute Gasteiger partial charge is 0.211 e. The first-order valence-electron chi connectivity index (χ1n) is 5.26. The van der Waals surface area contributed by atoms with Crippen LogP contribution >= 0.6 is 0 Å². The summed E-state index contributed by atoms with van der Waals surface area (Å²) in [5.41, 5.74) is 6.25. The maximum atomic E-state index is 11.5. The molecule has 0 spiro atoms. The highest BCUT2D eigenvalue weighted by atomic mass is 32.2. The topological polar surface area (TPSA) is 85.5 Å². The lowest BCUT2D eigenvalue weighted by molar-refractivity contribution is -0.00465. The van der Waals surface area contributed by atoms with Gasteiger partial charge in [-0.15, -0.1) is 0 Å². The lowest BCUT2D eigenvalue weighted by Gasteiger charge is -2.30. The highest BCUT2D eigenvalue weighted by Crippen LogP contribution is 2.22. The molecule has 0 saturated carbocycles. The van der Waals surface area contributed by atoms with Crippen molar-refractivity contribution in [1.82, 2.24) is 9.29 Å². The fourth-order valence-electron chi connectivity index (χ4n) is 1.75. The van der Waals surface area contributed by atoms with E-state index in [1.807, 2.05) is 0 Å². The van der Waals surface area contributed by atoms with Gasteiger partial charge in [0, 0.05) is 13.1 Å². The molecule has 0 amide bonds. The van der Waals surface area contributed by atoms with E-state index in [-0.39, 0.29) is 12.6 Å². The number of nitrogen functional groups attached to an aromatic ring is 1. The number of morpholine rings is 1. The number of sulfonamides is 1. The maximum Gasteiger partial charge on any atom is 0.211 e. The van der Waals surface area contributed by atoms with Crippen molar-refractivity contribution in [3.63, 3.8) is 0 Å². The van der Waals surface area contributed by atoms with Crippen molar-refractivity contribution in [1.29, 1.82) is 0 Å². The largest absolute Gasteiger partial charge is 0.384 e. The van der Waals surface area contributed by atoms with Crippen molar-refractivity contribution >= 4 is 15.8 Å². The minimum absolute atomic E-state index is 0.287. The molecule has 6 nitrogen and oxygen atoms in total. The number of anilines is 1. The molecule has 2 rings (SSSR count). The summed E-state index contributed by atoms with van der Waals surface area (Å²) in [5.74, 6) is 0.405. The Hall–Kier alpha value is -1.18. The molecule has 1 aromatic rings. The number of nitrogens with two attached hydrogens (primary N) is 1. The van der Waals surface area contributed by atoms with Crippen LogP contribution in [-0.2, 0) is 14.8 Å². The summed E-state index contributed by atoms with van der Waals surface area (Å²) < 4.78 is 29.8. The van der Waals surface area contributed by atoms with Crippen LogP contribution in [-0.4, -0.2) is 43.7 Å². The Bertz CT molecular complexity index is 503. The summed E-state index contributed by atoms with van der Waals surface area (Å²) >= 11 is 0. The number of rotatable bonds is 2. The summed E-state index contributed by atoms with van der Waals surface area (Å²) in [5, 5.41) is 0. The van der Waals surface area contributed by atoms with Crippen LogP contribution in [0.2, 0.25) is 0 Å². The van der Waals surface area contributed by atoms with Crippen LogP contribution < -0.4 is 5.73 Å². The molecule has 1 aliphatic heterocycles. The molecule has 2 N–H and O–H groups in total. The Kier molecular flexibility index (Phi) is 3.32. The molecule has 0 aliphatic carbocycles. The van der Waals surface area contributed by atoms with Crippen molar-refractivity contribution in [2.45, 2.75) is 6.10 Å². The molecule has 94 valence electrons. The molecule has 1 aliphatic rings. The van der Waals surface area contributed by atoms with Crippen molar-refractivity contribution in [3.05, 3.63) is 23.9 Å². The van der Waals surface area contributed by atoms with Crippen molar-refractivity contribution in [3.8, 4) is 0 Å². The summed E-state index contributed by atoms with van der Waals surface area (Å²) in [6.07, 6.45) is 0.851. The quantitative estimate of drug-likeness (QED) is 0.805. The van der Waals surface area contributed by atoms with Gasteiger partial charge in [-0.1, -0.05) is 6.07 Å². The third-order valence-corrected chi connectivity index (χ3v) is 3.89. The number of ether oxygens (including phenoxy) is 1. The molecule has 0 radical (unpaired) electrons. The molecule has 7 heteroatoms. The van der Waals surface area contributed by atoms with Crippen LogP contribution in [0.1, 0.15) is 11.8 Å². The average molecular weight is 257 g/mol. The van der Waals surface area contributed by atoms with Crippen LogP contribution in [0.4, 0.5) is 5.82 Å². The summed E-state index contributed by atoms with van der Waals surface area (Å²) in [6, 6.07) is 5.24. The summed E-state index contributed by atoms with van der Waals surface area (Å²) in [6.45, 7) is 1.04. The second-order valence-corrected chi connectivity index (χ2v) is 5.95. The van der Waals surface area contributed by atoms with Gasteiger partial charge in [0.2, 0.25) is 10.0 Å². The fraction of sp³-hybridized carbons (Fsp3) is 0.500. The third kappa shape index (κ3) is 2.93. The van der Waals surface area contributed by atoms with E-state index in [4.69, 9.17) is 10.5 Å². The van der Waals surface area contributed by atoms with E-state index in [2.05, 4.69) is 4.98 Å². The van der Waals surface area contributed by atoms with Crippen LogP contribution in [0.25, 0.3) is 0 Å². The minimum Gasteiger partial charge on any atom is -0.384 e. The first-order chi connectivity index (χ1) is 7.97. The number of nitrogens with zero attached hydrogens (tertiary/aromatic N) is 2. The van der Waals surface area contributed by atoms with Gasteiger partial charge in [0.25, 0.3) is 0 Å². The predicted octanol–water partition coefficient (Wildman–Crippen LogP) is -0.00330. The van der Waals surface area contributed by atoms with Gasteiger partial charge in [0.1, 0.15) is 11.9 Å². The Balaban J connectivity index is 2.18. The molecular formula is C10H15N3O3S. The number of aromatic nitrogens is 1.